The Morgan fingerprint density at radius 3 is 2.26 bits per heavy atom. The molecule has 3 heterocycles. The number of unbranched alkanes of at least 4 members (excludes halogenated alkanes) is 1. The number of hydrogen-bond acceptors (Lipinski definition) is 10. The number of aromatic nitrogens is 4. The van der Waals surface area contributed by atoms with E-state index < -0.39 is 21.7 Å². The van der Waals surface area contributed by atoms with Gasteiger partial charge in [-0.15, -0.1) is 20.7 Å². The molecule has 0 saturated carbocycles. The molecule has 0 radical (unpaired) electrons. The summed E-state index contributed by atoms with van der Waals surface area (Å²) in [6.07, 6.45) is 4.08. The Balaban J connectivity index is 0.000000708. The summed E-state index contributed by atoms with van der Waals surface area (Å²) in [5, 5.41) is 11.3. The number of carbonyl (C=O) groups is 2. The zero-order chi connectivity index (χ0) is 43.4. The molecule has 14 nitrogen and oxygen atoms in total. The Morgan fingerprint density at radius 1 is 0.967 bits per heavy atom. The first-order chi connectivity index (χ1) is 29.3. The highest BCUT2D eigenvalue weighted by Crippen LogP contribution is 2.43. The molecule has 6 aromatic rings. The van der Waals surface area contributed by atoms with Gasteiger partial charge in [-0.1, -0.05) is 91.0 Å². The van der Waals surface area contributed by atoms with E-state index in [1.165, 1.54) is 0 Å². The van der Waals surface area contributed by atoms with Crippen LogP contribution in [0.3, 0.4) is 0 Å². The van der Waals surface area contributed by atoms with E-state index in [9.17, 15) is 22.8 Å². The van der Waals surface area contributed by atoms with Crippen LogP contribution in [0.15, 0.2) is 115 Å². The van der Waals surface area contributed by atoms with Crippen LogP contribution in [0.25, 0.3) is 38.0 Å². The molecular formula is C42H42F3N7O7S2. The number of ether oxygens (including phenoxy) is 2. The fraction of sp³-hybridized carbons (Fsp3) is 0.262. The van der Waals surface area contributed by atoms with Crippen LogP contribution in [0.4, 0.5) is 22.8 Å². The zero-order valence-corrected chi connectivity index (χ0v) is 34.5. The van der Waals surface area contributed by atoms with Crippen LogP contribution in [0.1, 0.15) is 24.1 Å². The molecule has 0 aliphatic carbocycles. The number of benzene rings is 4. The lowest BCUT2D eigenvalue weighted by Gasteiger charge is -2.16. The van der Waals surface area contributed by atoms with E-state index in [2.05, 4.69) is 34.9 Å². The third-order valence-electron chi connectivity index (χ3n) is 9.28. The Kier molecular flexibility index (Phi) is 14.7. The number of aryl methyl sites for hydroxylation is 2. The molecule has 61 heavy (non-hydrogen) atoms. The number of thiazole rings is 1. The van der Waals surface area contributed by atoms with Crippen molar-refractivity contribution < 1.29 is 49.9 Å². The van der Waals surface area contributed by atoms with Crippen molar-refractivity contribution in [2.75, 3.05) is 32.8 Å². The molecule has 7 rings (SSSR count). The molecule has 4 aromatic carbocycles. The summed E-state index contributed by atoms with van der Waals surface area (Å²) in [7, 11) is -4.16. The van der Waals surface area contributed by atoms with Crippen molar-refractivity contribution in [2.24, 2.45) is 7.05 Å². The number of nitrogens with one attached hydrogen (secondary N) is 2. The summed E-state index contributed by atoms with van der Waals surface area (Å²) in [5.41, 5.74) is 1.15. The fourth-order valence-corrected chi connectivity index (χ4v) is 7.28. The lowest BCUT2D eigenvalue weighted by atomic mass is 10.1. The topological polar surface area (TPSA) is 172 Å². The highest BCUT2D eigenvalue weighted by Gasteiger charge is 2.37. The molecular weight excluding hydrogens is 836 g/mol. The van der Waals surface area contributed by atoms with E-state index in [4.69, 9.17) is 32.6 Å². The molecule has 2 N–H and O–H groups in total. The fourth-order valence-electron chi connectivity index (χ4n) is 6.15. The number of amides is 3. The van der Waals surface area contributed by atoms with Crippen LogP contribution in [0.5, 0.6) is 5.75 Å². The van der Waals surface area contributed by atoms with Gasteiger partial charge in [0.1, 0.15) is 31.0 Å². The molecule has 1 aliphatic heterocycles. The molecule has 19 heteroatoms. The lowest BCUT2D eigenvalue weighted by molar-refractivity contribution is -0.738. The van der Waals surface area contributed by atoms with E-state index in [0.717, 1.165) is 68.5 Å². The molecule has 1 saturated heterocycles. The van der Waals surface area contributed by atoms with E-state index in [1.807, 2.05) is 108 Å². The van der Waals surface area contributed by atoms with Gasteiger partial charge >= 0.3 is 17.6 Å². The quantitative estimate of drug-likeness (QED) is 0.0484. The minimum Gasteiger partial charge on any atom is -0.741 e. The van der Waals surface area contributed by atoms with E-state index >= 15 is 0 Å². The number of rotatable bonds is 15. The first-order valence-corrected chi connectivity index (χ1v) is 21.3. The number of carbonyl (C=O) groups excluding carboxylic acids is 2. The maximum absolute atomic E-state index is 12.2. The van der Waals surface area contributed by atoms with E-state index in [-0.39, 0.29) is 12.6 Å². The maximum atomic E-state index is 12.2. The average Bonchev–Trinajstić information content (AvgIpc) is 3.99. The smallest absolute Gasteiger partial charge is 0.485 e. The second-order valence-corrected chi connectivity index (χ2v) is 16.0. The van der Waals surface area contributed by atoms with Crippen molar-refractivity contribution in [3.63, 3.8) is 0 Å². The monoisotopic (exact) mass is 877 g/mol. The predicted molar refractivity (Wildman–Crippen MR) is 221 cm³/mol. The largest absolute Gasteiger partial charge is 0.741 e. The summed E-state index contributed by atoms with van der Waals surface area (Å²) < 4.78 is 74.4. The van der Waals surface area contributed by atoms with Crippen LogP contribution >= 0.6 is 11.3 Å². The normalized spacial score (nSPS) is 12.7. The Hall–Kier alpha value is -6.31. The summed E-state index contributed by atoms with van der Waals surface area (Å²) >= 11 is 1.63. The Labute approximate surface area is 354 Å². The van der Waals surface area contributed by atoms with Crippen LogP contribution in [-0.4, -0.2) is 83.2 Å². The molecule has 2 aromatic heterocycles. The highest BCUT2D eigenvalue weighted by atomic mass is 32.2. The summed E-state index contributed by atoms with van der Waals surface area (Å²) in [6.45, 7) is 2.87. The molecule has 0 spiro atoms. The summed E-state index contributed by atoms with van der Waals surface area (Å²) in [4.78, 5) is 32.4. The second kappa shape index (κ2) is 20.3. The maximum Gasteiger partial charge on any atom is 0.485 e. The van der Waals surface area contributed by atoms with Gasteiger partial charge in [-0.25, -0.2) is 23.0 Å². The van der Waals surface area contributed by atoms with Crippen molar-refractivity contribution in [3.8, 4) is 43.7 Å². The van der Waals surface area contributed by atoms with E-state index in [1.54, 1.807) is 16.2 Å². The number of alkyl halides is 3. The van der Waals surface area contributed by atoms with Gasteiger partial charge in [0, 0.05) is 37.7 Å². The number of urea groups is 1. The molecule has 3 amide bonds. The van der Waals surface area contributed by atoms with Crippen molar-refractivity contribution in [1.29, 1.82) is 0 Å². The summed E-state index contributed by atoms with van der Waals surface area (Å²) in [5.74, 6) is 0.667. The van der Waals surface area contributed by atoms with Crippen LogP contribution in [-0.2, 0) is 34.9 Å². The van der Waals surface area contributed by atoms with Gasteiger partial charge in [0.25, 0.3) is 0 Å². The minimum atomic E-state index is -6.09. The predicted octanol–water partition coefficient (Wildman–Crippen LogP) is 6.86. The van der Waals surface area contributed by atoms with Crippen LogP contribution < -0.4 is 20.1 Å². The standard InChI is InChI=1S/C41H41N7O4S.CHF3O3S/c1-46-34(19-11-12-22-43-41(50)52-29-30-13-5-2-6-14-30)28-48(45-46)33-20-21-35(36(27-33)51-26-25-47-24-23-42-40(47)49)39-44-37(31-15-7-3-8-16-31)38(53-39)32-17-9-4-10-18-32;2-1(3,4)8(5,6)7/h2-10,13-18,20-21,27-28H,11-12,19,22-26,29H2,1H3,(H-,42,43,49,50);(H,5,6,7). The van der Waals surface area contributed by atoms with Gasteiger partial charge in [-0.05, 0) is 36.1 Å². The number of hydrogen-bond donors (Lipinski definition) is 2. The Bertz CT molecular complexity index is 2450. The van der Waals surface area contributed by atoms with Crippen LogP contribution in [0, 0.1) is 0 Å². The first kappa shape index (κ1) is 44.2. The molecule has 0 atom stereocenters. The third kappa shape index (κ3) is 12.1. The van der Waals surface area contributed by atoms with Crippen molar-refractivity contribution in [1.82, 2.24) is 30.4 Å². The SMILES string of the molecule is C[n+]1nn(-c2ccc(-c3nc(-c4ccccc4)c(-c4ccccc4)s3)c(OCCN3CCNC3=O)c2)cc1CCCCNC(=O)OCc1ccccc1.O=S(=O)([O-])C(F)(F)F. The van der Waals surface area contributed by atoms with Gasteiger partial charge in [0.15, 0.2) is 27.7 Å². The second-order valence-electron chi connectivity index (χ2n) is 13.6. The third-order valence-corrected chi connectivity index (χ3v) is 11.0. The van der Waals surface area contributed by atoms with Crippen molar-refractivity contribution in [2.45, 2.75) is 31.4 Å². The number of halogens is 3. The Morgan fingerprint density at radius 2 is 1.62 bits per heavy atom. The molecule has 0 bridgehead atoms. The summed E-state index contributed by atoms with van der Waals surface area (Å²) in [6, 6.07) is 36.2. The minimum absolute atomic E-state index is 0.0714. The molecule has 320 valence electrons. The van der Waals surface area contributed by atoms with Crippen molar-refractivity contribution in [3.05, 3.63) is 127 Å². The van der Waals surface area contributed by atoms with Gasteiger partial charge in [0.2, 0.25) is 0 Å². The van der Waals surface area contributed by atoms with Gasteiger partial charge in [0.05, 0.1) is 27.9 Å². The average molecular weight is 878 g/mol. The van der Waals surface area contributed by atoms with E-state index in [0.29, 0.717) is 38.5 Å². The van der Waals surface area contributed by atoms with Gasteiger partial charge in [-0.2, -0.15) is 13.2 Å². The van der Waals surface area contributed by atoms with Crippen LogP contribution in [0.2, 0.25) is 0 Å². The van der Waals surface area contributed by atoms with Crippen molar-refractivity contribution >= 4 is 33.6 Å². The van der Waals surface area contributed by atoms with Gasteiger partial charge in [-0.3, -0.25) is 0 Å². The first-order valence-electron chi connectivity index (χ1n) is 19.1. The highest BCUT2D eigenvalue weighted by molar-refractivity contribution is 7.86. The molecule has 1 aliphatic rings. The molecule has 0 unspecified atom stereocenters. The number of nitrogens with zero attached hydrogens (tertiary/aromatic N) is 5. The molecule has 1 fully saturated rings. The number of alkyl carbamates (subject to hydrolysis) is 1. The zero-order valence-electron chi connectivity index (χ0n) is 32.9. The van der Waals surface area contributed by atoms with Gasteiger partial charge < -0.3 is 29.6 Å². The lowest BCUT2D eigenvalue weighted by Crippen LogP contribution is -2.35.